The number of nitrogens with one attached hydrogen (secondary N) is 2. The van der Waals surface area contributed by atoms with E-state index >= 15 is 0 Å². The molecule has 0 aromatic rings. The van der Waals surface area contributed by atoms with Crippen LogP contribution in [0.25, 0.3) is 0 Å². The van der Waals surface area contributed by atoms with E-state index in [9.17, 15) is 39.6 Å². The first kappa shape index (κ1) is 30.7. The highest BCUT2D eigenvalue weighted by Crippen LogP contribution is 2.23. The summed E-state index contributed by atoms with van der Waals surface area (Å²) in [6.07, 6.45) is -8.70. The summed E-state index contributed by atoms with van der Waals surface area (Å²) in [5.41, 5.74) is -0.879. The third-order valence-corrected chi connectivity index (χ3v) is 5.59. The number of carboxylic acids is 1. The fraction of sp³-hybridized carbons (Fsp3) is 0.810. The maximum atomic E-state index is 12.8. The summed E-state index contributed by atoms with van der Waals surface area (Å²) in [6.45, 7) is 4.30. The summed E-state index contributed by atoms with van der Waals surface area (Å²) in [4.78, 5) is 48.2. The second-order valence-corrected chi connectivity index (χ2v) is 8.71. The molecular formula is C21H36N2O12. The minimum Gasteiger partial charge on any atom is -0.481 e. The smallest absolute Gasteiger partial charge is 0.331 e. The van der Waals surface area contributed by atoms with Crippen molar-refractivity contribution >= 4 is 23.8 Å². The van der Waals surface area contributed by atoms with E-state index in [0.717, 1.165) is 0 Å². The summed E-state index contributed by atoms with van der Waals surface area (Å²) in [6, 6.07) is -1.49. The van der Waals surface area contributed by atoms with Crippen LogP contribution in [0.15, 0.2) is 0 Å². The number of hydrogen-bond donors (Lipinski definition) is 7. The molecule has 6 atom stereocenters. The van der Waals surface area contributed by atoms with Crippen molar-refractivity contribution < 1.29 is 58.9 Å². The number of carbonyl (C=O) groups excluding carboxylic acids is 3. The summed E-state index contributed by atoms with van der Waals surface area (Å²) in [7, 11) is 0. The highest BCUT2D eigenvalue weighted by atomic mass is 16.7. The summed E-state index contributed by atoms with van der Waals surface area (Å²) < 4.78 is 15.3. The Labute approximate surface area is 202 Å². The van der Waals surface area contributed by atoms with Crippen LogP contribution >= 0.6 is 0 Å². The minimum absolute atomic E-state index is 0.0152. The number of aliphatic hydroxyl groups is 4. The molecule has 2 amide bonds. The first-order valence-electron chi connectivity index (χ1n) is 11.2. The lowest BCUT2D eigenvalue weighted by Gasteiger charge is -2.39. The molecule has 1 aliphatic heterocycles. The molecule has 1 fully saturated rings. The first-order valence-corrected chi connectivity index (χ1v) is 11.2. The Morgan fingerprint density at radius 1 is 1.06 bits per heavy atom. The number of carboxylic acid groups (broad SMARTS) is 1. The fourth-order valence-corrected chi connectivity index (χ4v) is 2.85. The average Bonchev–Trinajstić information content (AvgIpc) is 2.80. The molecule has 0 aliphatic carbocycles. The van der Waals surface area contributed by atoms with E-state index in [1.54, 1.807) is 20.8 Å². The van der Waals surface area contributed by atoms with E-state index < -0.39 is 78.9 Å². The maximum Gasteiger partial charge on any atom is 0.331 e. The maximum absolute atomic E-state index is 12.8. The van der Waals surface area contributed by atoms with Crippen LogP contribution in [0, 0.1) is 5.41 Å². The summed E-state index contributed by atoms with van der Waals surface area (Å²) in [5.74, 6) is -3.37. The molecule has 1 aliphatic rings. The predicted octanol–water partition coefficient (Wildman–Crippen LogP) is -2.75. The number of ether oxygens (including phenoxy) is 3. The molecule has 0 aromatic heterocycles. The SMILES string of the molecule is CCC(C)(C)C(=O)NC(CC(=O)NCCOCCC(=O)O)C(=O)O[C@@H]1OC(CO)[C@H](O)[C@H](O)C1O. The van der Waals surface area contributed by atoms with Gasteiger partial charge in [0.1, 0.15) is 30.5 Å². The van der Waals surface area contributed by atoms with Crippen LogP contribution in [-0.4, -0.2) is 112 Å². The number of esters is 1. The van der Waals surface area contributed by atoms with Gasteiger partial charge in [0.05, 0.1) is 32.7 Å². The largest absolute Gasteiger partial charge is 0.481 e. The summed E-state index contributed by atoms with van der Waals surface area (Å²) >= 11 is 0. The highest BCUT2D eigenvalue weighted by molar-refractivity contribution is 5.91. The fourth-order valence-electron chi connectivity index (χ4n) is 2.85. The number of hydrogen-bond acceptors (Lipinski definition) is 11. The van der Waals surface area contributed by atoms with Crippen molar-refractivity contribution in [1.82, 2.24) is 10.6 Å². The lowest BCUT2D eigenvalue weighted by atomic mass is 9.89. The molecule has 7 N–H and O–H groups in total. The molecule has 0 saturated carbocycles. The third-order valence-electron chi connectivity index (χ3n) is 5.59. The van der Waals surface area contributed by atoms with E-state index in [-0.39, 0.29) is 26.2 Å². The lowest BCUT2D eigenvalue weighted by Crippen LogP contribution is -2.60. The van der Waals surface area contributed by atoms with Crippen LogP contribution in [-0.2, 0) is 33.4 Å². The molecule has 3 unspecified atom stereocenters. The Kier molecular flexibility index (Phi) is 12.5. The molecule has 1 saturated heterocycles. The van der Waals surface area contributed by atoms with Crippen molar-refractivity contribution in [1.29, 1.82) is 0 Å². The molecule has 35 heavy (non-hydrogen) atoms. The quantitative estimate of drug-likeness (QED) is 0.0937. The van der Waals surface area contributed by atoms with E-state index in [1.165, 1.54) is 0 Å². The first-order chi connectivity index (χ1) is 16.3. The van der Waals surface area contributed by atoms with Gasteiger partial charge in [0, 0.05) is 12.0 Å². The van der Waals surface area contributed by atoms with Crippen molar-refractivity contribution in [2.24, 2.45) is 5.41 Å². The van der Waals surface area contributed by atoms with Gasteiger partial charge in [-0.25, -0.2) is 4.79 Å². The third kappa shape index (κ3) is 9.66. The molecule has 0 radical (unpaired) electrons. The van der Waals surface area contributed by atoms with Gasteiger partial charge in [-0.1, -0.05) is 20.8 Å². The second-order valence-electron chi connectivity index (χ2n) is 8.71. The molecule has 1 heterocycles. The number of rotatable bonds is 14. The standard InChI is InChI=1S/C21H36N2O12/c1-4-21(2,3)20(32)23-11(9-13(25)22-6-8-33-7-5-14(26)27)18(31)35-19-17(30)16(29)15(28)12(10-24)34-19/h11-12,15-17,19,24,28-30H,4-10H2,1-3H3,(H,22,25)(H,23,32)(H,26,27)/t11?,12?,15-,16-,17?,19-/m0/s1. The molecule has 1 rings (SSSR count). The molecule has 0 spiro atoms. The minimum atomic E-state index is -1.85. The van der Waals surface area contributed by atoms with E-state index in [0.29, 0.717) is 6.42 Å². The zero-order chi connectivity index (χ0) is 26.8. The van der Waals surface area contributed by atoms with Gasteiger partial charge in [-0.05, 0) is 6.42 Å². The Morgan fingerprint density at radius 3 is 2.29 bits per heavy atom. The van der Waals surface area contributed by atoms with Crippen LogP contribution in [0.4, 0.5) is 0 Å². The molecule has 14 nitrogen and oxygen atoms in total. The van der Waals surface area contributed by atoms with Gasteiger partial charge in [0.2, 0.25) is 18.1 Å². The molecular weight excluding hydrogens is 472 g/mol. The van der Waals surface area contributed by atoms with Gasteiger partial charge in [-0.3, -0.25) is 14.4 Å². The zero-order valence-electron chi connectivity index (χ0n) is 20.0. The van der Waals surface area contributed by atoms with Gasteiger partial charge in [-0.2, -0.15) is 0 Å². The van der Waals surface area contributed by atoms with E-state index in [2.05, 4.69) is 10.6 Å². The molecule has 202 valence electrons. The lowest BCUT2D eigenvalue weighted by molar-refractivity contribution is -0.293. The zero-order valence-corrected chi connectivity index (χ0v) is 20.0. The van der Waals surface area contributed by atoms with Crippen LogP contribution in [0.3, 0.4) is 0 Å². The van der Waals surface area contributed by atoms with Gasteiger partial charge in [-0.15, -0.1) is 0 Å². The second kappa shape index (κ2) is 14.3. The normalized spacial score (nSPS) is 25.4. The summed E-state index contributed by atoms with van der Waals surface area (Å²) in [5, 5.41) is 52.6. The number of carbonyl (C=O) groups is 4. The van der Waals surface area contributed by atoms with E-state index in [1.807, 2.05) is 0 Å². The van der Waals surface area contributed by atoms with Crippen molar-refractivity contribution in [3.05, 3.63) is 0 Å². The molecule has 14 heteroatoms. The Balaban J connectivity index is 2.81. The van der Waals surface area contributed by atoms with Crippen molar-refractivity contribution in [2.45, 2.75) is 76.8 Å². The van der Waals surface area contributed by atoms with E-state index in [4.69, 9.17) is 19.3 Å². The number of aliphatic carboxylic acids is 1. The average molecular weight is 509 g/mol. The van der Waals surface area contributed by atoms with Crippen LogP contribution in [0.5, 0.6) is 0 Å². The molecule has 0 bridgehead atoms. The van der Waals surface area contributed by atoms with Crippen LogP contribution in [0.2, 0.25) is 0 Å². The van der Waals surface area contributed by atoms with Crippen LogP contribution < -0.4 is 10.6 Å². The van der Waals surface area contributed by atoms with Gasteiger partial charge in [0.15, 0.2) is 0 Å². The highest BCUT2D eigenvalue weighted by Gasteiger charge is 2.46. The van der Waals surface area contributed by atoms with Crippen LogP contribution in [0.1, 0.15) is 40.0 Å². The van der Waals surface area contributed by atoms with Gasteiger partial charge in [0.25, 0.3) is 0 Å². The van der Waals surface area contributed by atoms with Crippen molar-refractivity contribution in [3.63, 3.8) is 0 Å². The predicted molar refractivity (Wildman–Crippen MR) is 117 cm³/mol. The van der Waals surface area contributed by atoms with Gasteiger partial charge < -0.3 is 50.4 Å². The topological polar surface area (TPSA) is 221 Å². The Bertz CT molecular complexity index is 729. The monoisotopic (exact) mass is 508 g/mol. The Morgan fingerprint density at radius 2 is 1.71 bits per heavy atom. The number of aliphatic hydroxyl groups excluding tert-OH is 4. The molecule has 0 aromatic carbocycles. The Hall–Kier alpha value is -2.36. The number of amides is 2. The van der Waals surface area contributed by atoms with Gasteiger partial charge >= 0.3 is 11.9 Å². The van der Waals surface area contributed by atoms with Crippen molar-refractivity contribution in [2.75, 3.05) is 26.4 Å². The van der Waals surface area contributed by atoms with Crippen molar-refractivity contribution in [3.8, 4) is 0 Å².